The van der Waals surface area contributed by atoms with E-state index in [1.54, 1.807) is 12.4 Å². The number of hydrogen-bond acceptors (Lipinski definition) is 7. The van der Waals surface area contributed by atoms with Gasteiger partial charge in [0.15, 0.2) is 0 Å². The summed E-state index contributed by atoms with van der Waals surface area (Å²) in [6.07, 6.45) is 16.7. The van der Waals surface area contributed by atoms with Crippen LogP contribution in [0.2, 0.25) is 0 Å². The standard InChI is InChI=1S/C29H38N4O3S2/c34-23(28(30-1-3-37-28)32-24(35)26-11-17-5-18(12-26)7-19(6-17)13-26)29(31-2-4-38-29)33-25(36)27-14-20-8-21(15-27)10-22(9-20)16-27/h1-4,17-22,30-31H,5-16H2,(H,32,35)(H,33,36). The van der Waals surface area contributed by atoms with Gasteiger partial charge in [-0.1, -0.05) is 23.5 Å². The van der Waals surface area contributed by atoms with Gasteiger partial charge in [0.1, 0.15) is 0 Å². The van der Waals surface area contributed by atoms with Gasteiger partial charge in [-0.25, -0.2) is 0 Å². The van der Waals surface area contributed by atoms with E-state index in [9.17, 15) is 14.4 Å². The minimum atomic E-state index is -1.35. The number of ketones is 1. The normalized spacial score (nSPS) is 50.6. The van der Waals surface area contributed by atoms with Crippen LogP contribution in [0.5, 0.6) is 0 Å². The molecule has 0 aromatic rings. The molecule has 4 N–H and O–H groups in total. The summed E-state index contributed by atoms with van der Waals surface area (Å²) in [6.45, 7) is 0. The Kier molecular flexibility index (Phi) is 5.23. The molecule has 0 spiro atoms. The number of nitrogens with one attached hydrogen (secondary N) is 4. The van der Waals surface area contributed by atoms with Gasteiger partial charge in [0.2, 0.25) is 27.6 Å². The molecule has 0 aromatic carbocycles. The van der Waals surface area contributed by atoms with E-state index < -0.39 is 9.99 Å². The Morgan fingerprint density at radius 1 is 0.579 bits per heavy atom. The zero-order valence-corrected chi connectivity index (χ0v) is 23.4. The number of carbonyl (C=O) groups is 3. The van der Waals surface area contributed by atoms with E-state index in [0.29, 0.717) is 35.5 Å². The number of rotatable bonds is 6. The quantitative estimate of drug-likeness (QED) is 0.392. The molecule has 0 saturated heterocycles. The number of Topliss-reactive ketones (excluding diaryl/α,β-unsaturated/α-hetero) is 1. The molecule has 38 heavy (non-hydrogen) atoms. The fourth-order valence-corrected chi connectivity index (χ4v) is 12.6. The van der Waals surface area contributed by atoms with Crippen molar-refractivity contribution in [2.24, 2.45) is 46.3 Å². The van der Waals surface area contributed by atoms with Crippen LogP contribution >= 0.6 is 23.5 Å². The van der Waals surface area contributed by atoms with Gasteiger partial charge in [0, 0.05) is 12.4 Å². The van der Waals surface area contributed by atoms with Gasteiger partial charge in [-0.3, -0.25) is 14.4 Å². The fraction of sp³-hybridized carbons (Fsp3) is 0.759. The third-order valence-electron chi connectivity index (χ3n) is 11.5. The van der Waals surface area contributed by atoms with Crippen molar-refractivity contribution in [2.45, 2.75) is 87.0 Å². The molecule has 0 aromatic heterocycles. The molecule has 204 valence electrons. The first-order valence-electron chi connectivity index (χ1n) is 14.7. The highest BCUT2D eigenvalue weighted by Crippen LogP contribution is 2.61. The van der Waals surface area contributed by atoms with Gasteiger partial charge in [-0.05, 0) is 123 Å². The van der Waals surface area contributed by atoms with E-state index in [1.165, 1.54) is 62.0 Å². The molecule has 8 aliphatic carbocycles. The Morgan fingerprint density at radius 2 is 0.895 bits per heavy atom. The first-order chi connectivity index (χ1) is 18.3. The summed E-state index contributed by atoms with van der Waals surface area (Å²) in [7, 11) is 0. The molecular weight excluding hydrogens is 516 g/mol. The Labute approximate surface area is 232 Å². The minimum absolute atomic E-state index is 0.00664. The lowest BCUT2D eigenvalue weighted by atomic mass is 9.49. The number of amides is 2. The van der Waals surface area contributed by atoms with Crippen LogP contribution in [0.25, 0.3) is 0 Å². The third kappa shape index (κ3) is 3.52. The van der Waals surface area contributed by atoms with Crippen molar-refractivity contribution in [2.75, 3.05) is 0 Å². The highest BCUT2D eigenvalue weighted by Gasteiger charge is 2.61. The minimum Gasteiger partial charge on any atom is -0.353 e. The van der Waals surface area contributed by atoms with E-state index in [2.05, 4.69) is 21.3 Å². The van der Waals surface area contributed by atoms with Crippen molar-refractivity contribution in [1.82, 2.24) is 21.3 Å². The zero-order chi connectivity index (χ0) is 25.8. The summed E-state index contributed by atoms with van der Waals surface area (Å²) in [4.78, 5) is 40.0. The van der Waals surface area contributed by atoms with E-state index in [-0.39, 0.29) is 28.4 Å². The summed E-state index contributed by atoms with van der Waals surface area (Å²) in [6, 6.07) is 0. The van der Waals surface area contributed by atoms with Gasteiger partial charge < -0.3 is 21.3 Å². The fourth-order valence-electron chi connectivity index (χ4n) is 10.7. The van der Waals surface area contributed by atoms with Crippen molar-refractivity contribution < 1.29 is 14.4 Å². The molecule has 8 fully saturated rings. The maximum Gasteiger partial charge on any atom is 0.246 e. The molecule has 8 bridgehead atoms. The Balaban J connectivity index is 1.06. The topological polar surface area (TPSA) is 99.3 Å². The number of hydrogen-bond donors (Lipinski definition) is 4. The maximum atomic E-state index is 14.5. The third-order valence-corrected chi connectivity index (χ3v) is 13.5. The predicted molar refractivity (Wildman–Crippen MR) is 148 cm³/mol. The maximum absolute atomic E-state index is 14.5. The van der Waals surface area contributed by atoms with Crippen molar-refractivity contribution in [1.29, 1.82) is 0 Å². The Bertz CT molecular complexity index is 976. The molecule has 2 amide bonds. The molecule has 9 heteroatoms. The molecule has 10 rings (SSSR count). The molecule has 2 aliphatic heterocycles. The summed E-state index contributed by atoms with van der Waals surface area (Å²) < 4.78 is 0. The van der Waals surface area contributed by atoms with Crippen molar-refractivity contribution in [3.05, 3.63) is 23.2 Å². The van der Waals surface area contributed by atoms with Crippen molar-refractivity contribution in [3.8, 4) is 0 Å². The number of carbonyl (C=O) groups excluding carboxylic acids is 3. The molecule has 2 unspecified atom stereocenters. The van der Waals surface area contributed by atoms with E-state index in [4.69, 9.17) is 0 Å². The lowest BCUT2D eigenvalue weighted by Crippen LogP contribution is -2.73. The van der Waals surface area contributed by atoms with Crippen LogP contribution in [0.4, 0.5) is 0 Å². The smallest absolute Gasteiger partial charge is 0.246 e. The highest BCUT2D eigenvalue weighted by molar-refractivity contribution is 8.06. The first-order valence-corrected chi connectivity index (χ1v) is 16.5. The van der Waals surface area contributed by atoms with Crippen LogP contribution < -0.4 is 21.3 Å². The Hall–Kier alpha value is -1.61. The molecular formula is C29H38N4O3S2. The molecule has 0 radical (unpaired) electrons. The Morgan fingerprint density at radius 3 is 1.16 bits per heavy atom. The van der Waals surface area contributed by atoms with Gasteiger partial charge >= 0.3 is 0 Å². The largest absolute Gasteiger partial charge is 0.353 e. The van der Waals surface area contributed by atoms with Crippen LogP contribution in [-0.4, -0.2) is 27.6 Å². The second kappa shape index (κ2) is 8.21. The summed E-state index contributed by atoms with van der Waals surface area (Å²) in [5.41, 5.74) is -0.728. The van der Waals surface area contributed by atoms with E-state index in [0.717, 1.165) is 38.5 Å². The monoisotopic (exact) mass is 554 g/mol. The summed E-state index contributed by atoms with van der Waals surface area (Å²) in [5.74, 6) is 3.61. The van der Waals surface area contributed by atoms with Gasteiger partial charge in [0.25, 0.3) is 0 Å². The average molecular weight is 555 g/mol. The van der Waals surface area contributed by atoms with Gasteiger partial charge in [-0.15, -0.1) is 0 Å². The van der Waals surface area contributed by atoms with E-state index >= 15 is 0 Å². The van der Waals surface area contributed by atoms with Crippen LogP contribution in [0.3, 0.4) is 0 Å². The molecule has 8 saturated carbocycles. The van der Waals surface area contributed by atoms with E-state index in [1.807, 2.05) is 10.8 Å². The number of thioether (sulfide) groups is 2. The first kappa shape index (κ1) is 24.2. The van der Waals surface area contributed by atoms with Gasteiger partial charge in [-0.2, -0.15) is 0 Å². The summed E-state index contributed by atoms with van der Waals surface area (Å²) in [5, 5.41) is 16.5. The molecule has 2 atom stereocenters. The molecule has 10 aliphatic rings. The predicted octanol–water partition coefficient (Wildman–Crippen LogP) is 4.14. The van der Waals surface area contributed by atoms with Crippen LogP contribution in [-0.2, 0) is 14.4 Å². The lowest BCUT2D eigenvalue weighted by molar-refractivity contribution is -0.151. The van der Waals surface area contributed by atoms with Crippen LogP contribution in [0.1, 0.15) is 77.0 Å². The molecule has 7 nitrogen and oxygen atoms in total. The SMILES string of the molecule is O=C(NC1(C(=O)C2(NC(=O)C34CC5CC(CC(C5)C3)C4)NC=CS2)NC=CS1)C12CC3CC(CC(C3)C1)C2. The lowest BCUT2D eigenvalue weighted by Gasteiger charge is -2.56. The average Bonchev–Trinajstić information content (AvgIpc) is 3.53. The van der Waals surface area contributed by atoms with Gasteiger partial charge in [0.05, 0.1) is 10.8 Å². The zero-order valence-electron chi connectivity index (χ0n) is 21.8. The molecule has 2 heterocycles. The second-order valence-electron chi connectivity index (χ2n) is 14.1. The van der Waals surface area contributed by atoms with Crippen molar-refractivity contribution in [3.63, 3.8) is 0 Å². The van der Waals surface area contributed by atoms with Crippen LogP contribution in [0.15, 0.2) is 23.2 Å². The highest BCUT2D eigenvalue weighted by atomic mass is 32.2. The summed E-state index contributed by atoms with van der Waals surface area (Å²) >= 11 is 2.59. The van der Waals surface area contributed by atoms with Crippen LogP contribution in [0, 0.1) is 46.3 Å². The second-order valence-corrected chi connectivity index (χ2v) is 16.4. The van der Waals surface area contributed by atoms with Crippen molar-refractivity contribution >= 4 is 41.1 Å².